The van der Waals surface area contributed by atoms with Crippen molar-refractivity contribution in [1.29, 1.82) is 0 Å². The summed E-state index contributed by atoms with van der Waals surface area (Å²) in [4.78, 5) is 26.4. The van der Waals surface area contributed by atoms with Crippen LogP contribution in [0.2, 0.25) is 0 Å². The summed E-state index contributed by atoms with van der Waals surface area (Å²) in [7, 11) is 0. The lowest BCUT2D eigenvalue weighted by Gasteiger charge is -2.27. The van der Waals surface area contributed by atoms with Crippen LogP contribution in [0.25, 0.3) is 0 Å². The largest absolute Gasteiger partial charge is 0.429 e. The fourth-order valence-electron chi connectivity index (χ4n) is 1.33. The van der Waals surface area contributed by atoms with Crippen molar-refractivity contribution in [3.63, 3.8) is 0 Å². The van der Waals surface area contributed by atoms with Gasteiger partial charge < -0.3 is 9.57 Å². The van der Waals surface area contributed by atoms with Gasteiger partial charge >= 0.3 is 11.9 Å². The lowest BCUT2D eigenvalue weighted by Crippen LogP contribution is -2.29. The van der Waals surface area contributed by atoms with Crippen LogP contribution in [0.4, 0.5) is 0 Å². The van der Waals surface area contributed by atoms with Gasteiger partial charge in [0.05, 0.1) is 12.7 Å². The predicted molar refractivity (Wildman–Crippen MR) is 52.1 cm³/mol. The fourth-order valence-corrected chi connectivity index (χ4v) is 1.33. The number of hydrogen-bond acceptors (Lipinski definition) is 5. The van der Waals surface area contributed by atoms with Crippen molar-refractivity contribution in [2.75, 3.05) is 6.54 Å². The van der Waals surface area contributed by atoms with E-state index in [2.05, 4.69) is 0 Å². The third-order valence-electron chi connectivity index (χ3n) is 2.05. The van der Waals surface area contributed by atoms with Crippen molar-refractivity contribution < 1.29 is 19.2 Å². The SMILES string of the molecule is CC(=O)OC1=CN(OC(C)=O)CCC1C. The summed E-state index contributed by atoms with van der Waals surface area (Å²) >= 11 is 0. The first kappa shape index (κ1) is 11.6. The van der Waals surface area contributed by atoms with E-state index >= 15 is 0 Å². The Morgan fingerprint density at radius 1 is 1.40 bits per heavy atom. The molecule has 0 aromatic carbocycles. The molecular formula is C10H15NO4. The number of esters is 1. The molecule has 1 aliphatic heterocycles. The van der Waals surface area contributed by atoms with E-state index < -0.39 is 0 Å². The fraction of sp³-hybridized carbons (Fsp3) is 0.600. The van der Waals surface area contributed by atoms with Crippen molar-refractivity contribution in [1.82, 2.24) is 5.06 Å². The highest BCUT2D eigenvalue weighted by Gasteiger charge is 2.21. The van der Waals surface area contributed by atoms with E-state index in [0.29, 0.717) is 12.3 Å². The van der Waals surface area contributed by atoms with Gasteiger partial charge in [-0.25, -0.2) is 5.06 Å². The summed E-state index contributed by atoms with van der Waals surface area (Å²) in [5.74, 6) is -0.0449. The molecule has 0 aromatic heterocycles. The Bertz CT molecular complexity index is 298. The second-order valence-corrected chi connectivity index (χ2v) is 3.54. The van der Waals surface area contributed by atoms with E-state index in [1.54, 1.807) is 6.20 Å². The Kier molecular flexibility index (Phi) is 3.71. The number of rotatable bonds is 2. The lowest BCUT2D eigenvalue weighted by atomic mass is 10.0. The summed E-state index contributed by atoms with van der Waals surface area (Å²) in [5, 5.41) is 1.39. The molecule has 5 nitrogen and oxygen atoms in total. The smallest absolute Gasteiger partial charge is 0.329 e. The van der Waals surface area contributed by atoms with Gasteiger partial charge in [-0.1, -0.05) is 6.92 Å². The number of ether oxygens (including phenoxy) is 1. The highest BCUT2D eigenvalue weighted by molar-refractivity contribution is 5.67. The van der Waals surface area contributed by atoms with E-state index in [0.717, 1.165) is 6.42 Å². The van der Waals surface area contributed by atoms with E-state index in [1.807, 2.05) is 6.92 Å². The van der Waals surface area contributed by atoms with E-state index in [4.69, 9.17) is 9.57 Å². The maximum Gasteiger partial charge on any atom is 0.329 e. The number of hydrogen-bond donors (Lipinski definition) is 0. The molecule has 1 unspecified atom stereocenters. The molecule has 0 saturated heterocycles. The van der Waals surface area contributed by atoms with Crippen LogP contribution in [0.15, 0.2) is 12.0 Å². The molecular weight excluding hydrogens is 198 g/mol. The zero-order chi connectivity index (χ0) is 11.4. The molecule has 15 heavy (non-hydrogen) atoms. The summed E-state index contributed by atoms with van der Waals surface area (Å²) in [6.07, 6.45) is 2.34. The first-order valence-corrected chi connectivity index (χ1v) is 4.84. The first-order valence-electron chi connectivity index (χ1n) is 4.84. The summed E-state index contributed by atoms with van der Waals surface area (Å²) in [6.45, 7) is 5.25. The Labute approximate surface area is 88.6 Å². The molecule has 0 amide bonds. The standard InChI is InChI=1S/C10H15NO4/c1-7-4-5-11(15-9(3)13)6-10(7)14-8(2)12/h6-7H,4-5H2,1-3H3. The monoisotopic (exact) mass is 213 g/mol. The topological polar surface area (TPSA) is 55.8 Å². The summed E-state index contributed by atoms with van der Waals surface area (Å²) < 4.78 is 5.00. The van der Waals surface area contributed by atoms with Crippen LogP contribution < -0.4 is 0 Å². The third-order valence-corrected chi connectivity index (χ3v) is 2.05. The number of allylic oxidation sites excluding steroid dienone is 1. The number of nitrogens with zero attached hydrogens (tertiary/aromatic N) is 1. The minimum atomic E-state index is -0.386. The van der Waals surface area contributed by atoms with Gasteiger partial charge in [0.25, 0.3) is 0 Å². The number of hydroxylamine groups is 2. The average Bonchev–Trinajstić information content (AvgIpc) is 2.09. The molecule has 1 aliphatic rings. The van der Waals surface area contributed by atoms with Crippen molar-refractivity contribution in [3.05, 3.63) is 12.0 Å². The lowest BCUT2D eigenvalue weighted by molar-refractivity contribution is -0.178. The second-order valence-electron chi connectivity index (χ2n) is 3.54. The Morgan fingerprint density at radius 2 is 2.07 bits per heavy atom. The summed E-state index contributed by atoms with van der Waals surface area (Å²) in [6, 6.07) is 0. The molecule has 1 rings (SSSR count). The maximum atomic E-state index is 10.8. The molecule has 0 radical (unpaired) electrons. The van der Waals surface area contributed by atoms with Gasteiger partial charge in [-0.15, -0.1) is 0 Å². The minimum Gasteiger partial charge on any atom is -0.429 e. The third kappa shape index (κ3) is 3.61. The van der Waals surface area contributed by atoms with Gasteiger partial charge in [0, 0.05) is 19.8 Å². The molecule has 5 heteroatoms. The number of carbonyl (C=O) groups is 2. The minimum absolute atomic E-state index is 0.167. The highest BCUT2D eigenvalue weighted by atomic mass is 16.7. The molecule has 0 aromatic rings. The molecule has 0 N–H and O–H groups in total. The van der Waals surface area contributed by atoms with E-state index in [-0.39, 0.29) is 17.9 Å². The molecule has 1 heterocycles. The predicted octanol–water partition coefficient (Wildman–Crippen LogP) is 1.21. The Morgan fingerprint density at radius 3 is 2.60 bits per heavy atom. The zero-order valence-corrected chi connectivity index (χ0v) is 9.15. The molecule has 0 saturated carbocycles. The van der Waals surface area contributed by atoms with Crippen molar-refractivity contribution in [2.45, 2.75) is 27.2 Å². The van der Waals surface area contributed by atoms with Gasteiger partial charge in [0.2, 0.25) is 0 Å². The normalized spacial score (nSPS) is 20.6. The van der Waals surface area contributed by atoms with Crippen molar-refractivity contribution in [2.24, 2.45) is 5.92 Å². The Balaban J connectivity index is 2.67. The van der Waals surface area contributed by atoms with Crippen LogP contribution in [-0.2, 0) is 19.2 Å². The van der Waals surface area contributed by atoms with Crippen LogP contribution in [0.3, 0.4) is 0 Å². The van der Waals surface area contributed by atoms with Crippen LogP contribution in [0.5, 0.6) is 0 Å². The molecule has 1 atom stereocenters. The average molecular weight is 213 g/mol. The van der Waals surface area contributed by atoms with Crippen LogP contribution in [-0.4, -0.2) is 23.5 Å². The van der Waals surface area contributed by atoms with Gasteiger partial charge in [-0.3, -0.25) is 9.59 Å². The Hall–Kier alpha value is -1.52. The highest BCUT2D eigenvalue weighted by Crippen LogP contribution is 2.22. The molecule has 84 valence electrons. The molecule has 0 bridgehead atoms. The van der Waals surface area contributed by atoms with Crippen LogP contribution >= 0.6 is 0 Å². The number of carbonyl (C=O) groups excluding carboxylic acids is 2. The van der Waals surface area contributed by atoms with E-state index in [1.165, 1.54) is 18.9 Å². The maximum absolute atomic E-state index is 10.8. The van der Waals surface area contributed by atoms with Crippen molar-refractivity contribution >= 4 is 11.9 Å². The second kappa shape index (κ2) is 4.82. The van der Waals surface area contributed by atoms with Gasteiger partial charge in [-0.05, 0) is 6.42 Å². The van der Waals surface area contributed by atoms with Crippen LogP contribution in [0.1, 0.15) is 27.2 Å². The van der Waals surface area contributed by atoms with Crippen molar-refractivity contribution in [3.8, 4) is 0 Å². The van der Waals surface area contributed by atoms with E-state index in [9.17, 15) is 9.59 Å². The molecule has 0 spiro atoms. The summed E-state index contributed by atoms with van der Waals surface area (Å²) in [5.41, 5.74) is 0. The first-order chi connectivity index (χ1) is 6.99. The quantitative estimate of drug-likeness (QED) is 0.645. The van der Waals surface area contributed by atoms with Gasteiger partial charge in [-0.2, -0.15) is 0 Å². The molecule has 0 fully saturated rings. The zero-order valence-electron chi connectivity index (χ0n) is 9.15. The van der Waals surface area contributed by atoms with Gasteiger partial charge in [0.15, 0.2) is 0 Å². The molecule has 0 aliphatic carbocycles. The van der Waals surface area contributed by atoms with Gasteiger partial charge in [0.1, 0.15) is 5.76 Å². The van der Waals surface area contributed by atoms with Crippen LogP contribution in [0, 0.1) is 5.92 Å².